The van der Waals surface area contributed by atoms with Crippen LogP contribution >= 0.6 is 0 Å². The fraction of sp³-hybridized carbons (Fsp3) is 0.500. The van der Waals surface area contributed by atoms with Gasteiger partial charge in [0.2, 0.25) is 5.91 Å². The zero-order chi connectivity index (χ0) is 14.3. The van der Waals surface area contributed by atoms with Gasteiger partial charge in [0.1, 0.15) is 0 Å². The summed E-state index contributed by atoms with van der Waals surface area (Å²) in [6.07, 6.45) is 0.195. The predicted molar refractivity (Wildman–Crippen MR) is 75.1 cm³/mol. The number of rotatable bonds is 3. The zero-order valence-electron chi connectivity index (χ0n) is 11.9. The molecule has 0 saturated carbocycles. The lowest BCUT2D eigenvalue weighted by atomic mass is 9.75. The van der Waals surface area contributed by atoms with E-state index in [9.17, 15) is 4.79 Å². The molecule has 2 N–H and O–H groups in total. The highest BCUT2D eigenvalue weighted by atomic mass is 16.7. The van der Waals surface area contributed by atoms with Gasteiger partial charge >= 0.3 is 7.12 Å². The maximum absolute atomic E-state index is 11.1. The predicted octanol–water partition coefficient (Wildman–Crippen LogP) is 1.01. The van der Waals surface area contributed by atoms with Crippen molar-refractivity contribution < 1.29 is 14.1 Å². The normalized spacial score (nSPS) is 20.5. The van der Waals surface area contributed by atoms with Crippen molar-refractivity contribution in [3.8, 4) is 0 Å². The first kappa shape index (κ1) is 14.1. The second-order valence-electron chi connectivity index (χ2n) is 5.93. The maximum Gasteiger partial charge on any atom is 0.495 e. The van der Waals surface area contributed by atoms with E-state index in [1.54, 1.807) is 0 Å². The summed E-state index contributed by atoms with van der Waals surface area (Å²) in [4.78, 5) is 11.1. The number of primary amides is 1. The Balaban J connectivity index is 2.32. The van der Waals surface area contributed by atoms with Crippen molar-refractivity contribution >= 4 is 18.5 Å². The zero-order valence-corrected chi connectivity index (χ0v) is 11.9. The minimum Gasteiger partial charge on any atom is -0.399 e. The highest BCUT2D eigenvalue weighted by Gasteiger charge is 2.52. The summed E-state index contributed by atoms with van der Waals surface area (Å²) in [6, 6.07) is 7.59. The fourth-order valence-electron chi connectivity index (χ4n) is 2.08. The largest absolute Gasteiger partial charge is 0.495 e. The Morgan fingerprint density at radius 2 is 1.68 bits per heavy atom. The van der Waals surface area contributed by atoms with Crippen molar-refractivity contribution in [2.75, 3.05) is 0 Å². The molecule has 1 aromatic rings. The number of nitrogens with two attached hydrogens (primary N) is 1. The fourth-order valence-corrected chi connectivity index (χ4v) is 2.08. The van der Waals surface area contributed by atoms with E-state index in [0.717, 1.165) is 11.0 Å². The maximum atomic E-state index is 11.1. The Morgan fingerprint density at radius 3 is 2.21 bits per heavy atom. The lowest BCUT2D eigenvalue weighted by Crippen LogP contribution is -2.41. The summed E-state index contributed by atoms with van der Waals surface area (Å²) in [5.41, 5.74) is 6.23. The topological polar surface area (TPSA) is 61.5 Å². The van der Waals surface area contributed by atoms with E-state index in [-0.39, 0.29) is 12.3 Å². The average molecular weight is 261 g/mol. The quantitative estimate of drug-likeness (QED) is 0.826. The van der Waals surface area contributed by atoms with Gasteiger partial charge in [-0.15, -0.1) is 0 Å². The Bertz CT molecular complexity index is 483. The van der Waals surface area contributed by atoms with Crippen LogP contribution in [0, 0.1) is 0 Å². The standard InChI is InChI=1S/C14H20BNO3/c1-13(2)14(3,4)19-15(18-13)11-8-6-5-7-10(11)9-12(16)17/h5-8H,9H2,1-4H3,(H2,16,17). The number of benzene rings is 1. The van der Waals surface area contributed by atoms with Gasteiger partial charge in [0.25, 0.3) is 0 Å². The van der Waals surface area contributed by atoms with Crippen LogP contribution in [0.5, 0.6) is 0 Å². The second kappa shape index (κ2) is 4.65. The minimum absolute atomic E-state index is 0.195. The summed E-state index contributed by atoms with van der Waals surface area (Å²) in [5.74, 6) is -0.357. The minimum atomic E-state index is -0.458. The number of hydrogen-bond acceptors (Lipinski definition) is 3. The molecule has 0 atom stereocenters. The van der Waals surface area contributed by atoms with Gasteiger partial charge in [-0.05, 0) is 38.7 Å². The molecule has 5 heteroatoms. The van der Waals surface area contributed by atoms with E-state index in [2.05, 4.69) is 0 Å². The van der Waals surface area contributed by atoms with Crippen LogP contribution in [0.2, 0.25) is 0 Å². The highest BCUT2D eigenvalue weighted by Crippen LogP contribution is 2.36. The molecule has 1 heterocycles. The Morgan fingerprint density at radius 1 is 1.16 bits per heavy atom. The van der Waals surface area contributed by atoms with Gasteiger partial charge in [-0.3, -0.25) is 4.79 Å². The summed E-state index contributed by atoms with van der Waals surface area (Å²) in [7, 11) is -0.458. The van der Waals surface area contributed by atoms with Crippen LogP contribution in [0.25, 0.3) is 0 Å². The lowest BCUT2D eigenvalue weighted by molar-refractivity contribution is -0.117. The van der Waals surface area contributed by atoms with E-state index in [4.69, 9.17) is 15.0 Å². The van der Waals surface area contributed by atoms with Gasteiger partial charge in [-0.2, -0.15) is 0 Å². The van der Waals surface area contributed by atoms with E-state index < -0.39 is 18.3 Å². The Kier molecular flexibility index (Phi) is 3.45. The lowest BCUT2D eigenvalue weighted by Gasteiger charge is -2.32. The third-order valence-corrected chi connectivity index (χ3v) is 3.93. The average Bonchev–Trinajstić information content (AvgIpc) is 2.48. The second-order valence-corrected chi connectivity index (χ2v) is 5.93. The van der Waals surface area contributed by atoms with Crippen LogP contribution in [-0.2, 0) is 20.5 Å². The first-order valence-corrected chi connectivity index (χ1v) is 6.45. The molecule has 1 amide bonds. The molecule has 0 bridgehead atoms. The van der Waals surface area contributed by atoms with Gasteiger partial charge in [-0.1, -0.05) is 24.3 Å². The van der Waals surface area contributed by atoms with Crippen LogP contribution in [0.15, 0.2) is 24.3 Å². The van der Waals surface area contributed by atoms with Crippen molar-refractivity contribution in [2.45, 2.75) is 45.3 Å². The molecule has 4 nitrogen and oxygen atoms in total. The molecule has 0 spiro atoms. The van der Waals surface area contributed by atoms with Crippen LogP contribution in [0.3, 0.4) is 0 Å². The molecule has 102 valence electrons. The third-order valence-electron chi connectivity index (χ3n) is 3.93. The number of carbonyl (C=O) groups is 1. The molecular formula is C14H20BNO3. The molecule has 0 aliphatic carbocycles. The van der Waals surface area contributed by atoms with E-state index in [0.29, 0.717) is 0 Å². The molecule has 1 fully saturated rings. The summed E-state index contributed by atoms with van der Waals surface area (Å²) < 4.78 is 12.0. The van der Waals surface area contributed by atoms with Crippen LogP contribution in [-0.4, -0.2) is 24.2 Å². The van der Waals surface area contributed by atoms with E-state index in [1.165, 1.54) is 0 Å². The highest BCUT2D eigenvalue weighted by molar-refractivity contribution is 6.62. The molecule has 1 aromatic carbocycles. The first-order chi connectivity index (χ1) is 8.73. The van der Waals surface area contributed by atoms with Crippen molar-refractivity contribution in [3.63, 3.8) is 0 Å². The monoisotopic (exact) mass is 261 g/mol. The molecule has 2 rings (SSSR count). The summed E-state index contributed by atoms with van der Waals surface area (Å²) in [5, 5.41) is 0. The number of amides is 1. The van der Waals surface area contributed by atoms with Gasteiger partial charge in [0.05, 0.1) is 17.6 Å². The van der Waals surface area contributed by atoms with Crippen LogP contribution < -0.4 is 11.2 Å². The molecule has 19 heavy (non-hydrogen) atoms. The third kappa shape index (κ3) is 2.67. The molecule has 0 unspecified atom stereocenters. The number of hydrogen-bond donors (Lipinski definition) is 1. The molecule has 1 saturated heterocycles. The molecule has 1 aliphatic rings. The molecule has 1 aliphatic heterocycles. The van der Waals surface area contributed by atoms with Gasteiger partial charge in [0, 0.05) is 0 Å². The van der Waals surface area contributed by atoms with Gasteiger partial charge < -0.3 is 15.0 Å². The smallest absolute Gasteiger partial charge is 0.399 e. The Labute approximate surface area is 114 Å². The molecule has 0 aromatic heterocycles. The van der Waals surface area contributed by atoms with Crippen molar-refractivity contribution in [3.05, 3.63) is 29.8 Å². The SMILES string of the molecule is CC1(C)OB(c2ccccc2CC(N)=O)OC1(C)C. The first-order valence-electron chi connectivity index (χ1n) is 6.45. The van der Waals surface area contributed by atoms with Gasteiger partial charge in [0.15, 0.2) is 0 Å². The van der Waals surface area contributed by atoms with E-state index in [1.807, 2.05) is 52.0 Å². The molecule has 0 radical (unpaired) electrons. The number of carbonyl (C=O) groups excluding carboxylic acids is 1. The van der Waals surface area contributed by atoms with Crippen molar-refractivity contribution in [1.29, 1.82) is 0 Å². The summed E-state index contributed by atoms with van der Waals surface area (Å²) >= 11 is 0. The van der Waals surface area contributed by atoms with Crippen LogP contribution in [0.4, 0.5) is 0 Å². The van der Waals surface area contributed by atoms with Crippen molar-refractivity contribution in [2.24, 2.45) is 5.73 Å². The summed E-state index contributed by atoms with van der Waals surface area (Å²) in [6.45, 7) is 8.01. The Hall–Kier alpha value is -1.33. The van der Waals surface area contributed by atoms with E-state index >= 15 is 0 Å². The van der Waals surface area contributed by atoms with Crippen molar-refractivity contribution in [1.82, 2.24) is 0 Å². The van der Waals surface area contributed by atoms with Gasteiger partial charge in [-0.25, -0.2) is 0 Å². The molecular weight excluding hydrogens is 241 g/mol. The van der Waals surface area contributed by atoms with Crippen LogP contribution in [0.1, 0.15) is 33.3 Å².